The number of benzene rings is 1. The zero-order valence-corrected chi connectivity index (χ0v) is 13.2. The largest absolute Gasteiger partial charge is 0.484 e. The standard InChI is InChI=1S/C17H24N2O3/c1-14-12-15(4-5-16(14)18-6-2-3-7-18)22-13-17(20)19-8-10-21-11-9-19/h4-5,12H,2-3,6-11,13H2,1H3. The average Bonchev–Trinajstić information content (AvgIpc) is 3.07. The molecule has 0 saturated carbocycles. The summed E-state index contributed by atoms with van der Waals surface area (Å²) < 4.78 is 10.9. The highest BCUT2D eigenvalue weighted by Crippen LogP contribution is 2.27. The Morgan fingerprint density at radius 2 is 1.91 bits per heavy atom. The lowest BCUT2D eigenvalue weighted by atomic mass is 10.1. The van der Waals surface area contributed by atoms with Crippen molar-refractivity contribution in [1.29, 1.82) is 0 Å². The molecule has 0 aromatic heterocycles. The van der Waals surface area contributed by atoms with E-state index in [1.54, 1.807) is 4.90 Å². The number of amides is 1. The number of ether oxygens (including phenoxy) is 2. The normalized spacial score (nSPS) is 18.6. The van der Waals surface area contributed by atoms with Crippen molar-refractivity contribution in [3.8, 4) is 5.75 Å². The number of anilines is 1. The van der Waals surface area contributed by atoms with Gasteiger partial charge in [-0.3, -0.25) is 4.79 Å². The molecule has 1 aromatic carbocycles. The van der Waals surface area contributed by atoms with Crippen LogP contribution in [0.4, 0.5) is 5.69 Å². The zero-order chi connectivity index (χ0) is 15.4. The molecule has 2 fully saturated rings. The summed E-state index contributed by atoms with van der Waals surface area (Å²) in [5, 5.41) is 0. The maximum atomic E-state index is 12.1. The van der Waals surface area contributed by atoms with E-state index in [9.17, 15) is 4.79 Å². The molecule has 0 N–H and O–H groups in total. The summed E-state index contributed by atoms with van der Waals surface area (Å²) >= 11 is 0. The summed E-state index contributed by atoms with van der Waals surface area (Å²) in [5.41, 5.74) is 2.49. The number of nitrogens with zero attached hydrogens (tertiary/aromatic N) is 2. The summed E-state index contributed by atoms with van der Waals surface area (Å²) in [6.07, 6.45) is 2.54. The van der Waals surface area contributed by atoms with Crippen LogP contribution in [0.1, 0.15) is 18.4 Å². The summed E-state index contributed by atoms with van der Waals surface area (Å²) in [6.45, 7) is 7.04. The molecule has 0 atom stereocenters. The molecule has 2 heterocycles. The Bertz CT molecular complexity index is 521. The molecule has 0 radical (unpaired) electrons. The molecule has 120 valence electrons. The quantitative estimate of drug-likeness (QED) is 0.851. The molecule has 3 rings (SSSR count). The van der Waals surface area contributed by atoms with Crippen molar-refractivity contribution >= 4 is 11.6 Å². The van der Waals surface area contributed by atoms with Crippen molar-refractivity contribution in [2.24, 2.45) is 0 Å². The SMILES string of the molecule is Cc1cc(OCC(=O)N2CCOCC2)ccc1N1CCCC1. The highest BCUT2D eigenvalue weighted by Gasteiger charge is 2.18. The van der Waals surface area contributed by atoms with Crippen LogP contribution < -0.4 is 9.64 Å². The van der Waals surface area contributed by atoms with Crippen molar-refractivity contribution in [2.45, 2.75) is 19.8 Å². The summed E-state index contributed by atoms with van der Waals surface area (Å²) in [4.78, 5) is 16.3. The first-order valence-corrected chi connectivity index (χ1v) is 8.08. The molecule has 1 aromatic rings. The van der Waals surface area contributed by atoms with Crippen LogP contribution in [0, 0.1) is 6.92 Å². The third-order valence-corrected chi connectivity index (χ3v) is 4.34. The van der Waals surface area contributed by atoms with Gasteiger partial charge in [0.2, 0.25) is 0 Å². The maximum absolute atomic E-state index is 12.1. The number of morpholine rings is 1. The van der Waals surface area contributed by atoms with Crippen molar-refractivity contribution in [3.63, 3.8) is 0 Å². The Hall–Kier alpha value is -1.75. The Morgan fingerprint density at radius 3 is 2.59 bits per heavy atom. The van der Waals surface area contributed by atoms with Crippen molar-refractivity contribution in [2.75, 3.05) is 50.9 Å². The number of aryl methyl sites for hydroxylation is 1. The van der Waals surface area contributed by atoms with E-state index in [2.05, 4.69) is 17.9 Å². The van der Waals surface area contributed by atoms with E-state index in [0.717, 1.165) is 18.8 Å². The molecule has 22 heavy (non-hydrogen) atoms. The second-order valence-electron chi connectivity index (χ2n) is 5.92. The fourth-order valence-corrected chi connectivity index (χ4v) is 3.08. The summed E-state index contributed by atoms with van der Waals surface area (Å²) in [7, 11) is 0. The van der Waals surface area contributed by atoms with Gasteiger partial charge in [-0.2, -0.15) is 0 Å². The number of hydrogen-bond acceptors (Lipinski definition) is 4. The highest BCUT2D eigenvalue weighted by molar-refractivity contribution is 5.77. The first kappa shape index (κ1) is 15.2. The molecular weight excluding hydrogens is 280 g/mol. The van der Waals surface area contributed by atoms with E-state index < -0.39 is 0 Å². The molecular formula is C17H24N2O3. The number of rotatable bonds is 4. The van der Waals surface area contributed by atoms with Crippen molar-refractivity contribution < 1.29 is 14.3 Å². The second-order valence-corrected chi connectivity index (χ2v) is 5.92. The third-order valence-electron chi connectivity index (χ3n) is 4.34. The number of carbonyl (C=O) groups is 1. The lowest BCUT2D eigenvalue weighted by Crippen LogP contribution is -2.42. The molecule has 2 aliphatic rings. The third kappa shape index (κ3) is 3.53. The minimum atomic E-state index is 0.0320. The molecule has 0 aliphatic carbocycles. The van der Waals surface area contributed by atoms with Gasteiger partial charge in [0.05, 0.1) is 13.2 Å². The monoisotopic (exact) mass is 304 g/mol. The molecule has 5 nitrogen and oxygen atoms in total. The smallest absolute Gasteiger partial charge is 0.260 e. The van der Waals surface area contributed by atoms with Crippen LogP contribution in [-0.2, 0) is 9.53 Å². The van der Waals surface area contributed by atoms with E-state index in [1.807, 2.05) is 12.1 Å². The van der Waals surface area contributed by atoms with Gasteiger partial charge in [-0.1, -0.05) is 0 Å². The van der Waals surface area contributed by atoms with Gasteiger partial charge in [-0.05, 0) is 43.5 Å². The van der Waals surface area contributed by atoms with E-state index in [0.29, 0.717) is 26.3 Å². The molecule has 2 saturated heterocycles. The first-order chi connectivity index (χ1) is 10.7. The lowest BCUT2D eigenvalue weighted by Gasteiger charge is -2.26. The Balaban J connectivity index is 1.56. The predicted octanol–water partition coefficient (Wildman–Crippen LogP) is 1.83. The highest BCUT2D eigenvalue weighted by atomic mass is 16.5. The van der Waals surface area contributed by atoms with E-state index >= 15 is 0 Å². The molecule has 2 aliphatic heterocycles. The van der Waals surface area contributed by atoms with Crippen molar-refractivity contribution in [3.05, 3.63) is 23.8 Å². The van der Waals surface area contributed by atoms with Crippen LogP contribution in [0.2, 0.25) is 0 Å². The van der Waals surface area contributed by atoms with Crippen LogP contribution in [0.3, 0.4) is 0 Å². The lowest BCUT2D eigenvalue weighted by molar-refractivity contribution is -0.137. The molecule has 0 unspecified atom stereocenters. The van der Waals surface area contributed by atoms with Gasteiger partial charge in [-0.15, -0.1) is 0 Å². The van der Waals surface area contributed by atoms with Gasteiger partial charge >= 0.3 is 0 Å². The van der Waals surface area contributed by atoms with Crippen LogP contribution in [0.25, 0.3) is 0 Å². The molecule has 0 bridgehead atoms. The minimum absolute atomic E-state index is 0.0320. The second kappa shape index (κ2) is 7.01. The average molecular weight is 304 g/mol. The Kier molecular flexibility index (Phi) is 4.83. The Labute approximate surface area is 131 Å². The van der Waals surface area contributed by atoms with Gasteiger partial charge in [0.1, 0.15) is 5.75 Å². The number of hydrogen-bond donors (Lipinski definition) is 0. The number of carbonyl (C=O) groups excluding carboxylic acids is 1. The first-order valence-electron chi connectivity index (χ1n) is 8.08. The van der Waals surface area contributed by atoms with Gasteiger partial charge in [0.25, 0.3) is 5.91 Å². The molecule has 1 amide bonds. The van der Waals surface area contributed by atoms with Crippen LogP contribution in [0.5, 0.6) is 5.75 Å². The van der Waals surface area contributed by atoms with Crippen LogP contribution >= 0.6 is 0 Å². The van der Waals surface area contributed by atoms with E-state index in [-0.39, 0.29) is 12.5 Å². The molecule has 5 heteroatoms. The van der Waals surface area contributed by atoms with Gasteiger partial charge in [-0.25, -0.2) is 0 Å². The molecule has 0 spiro atoms. The van der Waals surface area contributed by atoms with Gasteiger partial charge < -0.3 is 19.3 Å². The van der Waals surface area contributed by atoms with Crippen molar-refractivity contribution in [1.82, 2.24) is 4.90 Å². The predicted molar refractivity (Wildman–Crippen MR) is 85.5 cm³/mol. The fraction of sp³-hybridized carbons (Fsp3) is 0.588. The fourth-order valence-electron chi connectivity index (χ4n) is 3.08. The summed E-state index contributed by atoms with van der Waals surface area (Å²) in [6, 6.07) is 6.10. The maximum Gasteiger partial charge on any atom is 0.260 e. The van der Waals surface area contributed by atoms with E-state index in [1.165, 1.54) is 24.1 Å². The van der Waals surface area contributed by atoms with Crippen LogP contribution in [-0.4, -0.2) is 56.8 Å². The minimum Gasteiger partial charge on any atom is -0.484 e. The van der Waals surface area contributed by atoms with Gasteiger partial charge in [0.15, 0.2) is 6.61 Å². The van der Waals surface area contributed by atoms with Gasteiger partial charge in [0, 0.05) is 31.9 Å². The zero-order valence-electron chi connectivity index (χ0n) is 13.2. The Morgan fingerprint density at radius 1 is 1.18 bits per heavy atom. The topological polar surface area (TPSA) is 42.0 Å². The summed E-state index contributed by atoms with van der Waals surface area (Å²) in [5.74, 6) is 0.798. The van der Waals surface area contributed by atoms with E-state index in [4.69, 9.17) is 9.47 Å². The van der Waals surface area contributed by atoms with Crippen LogP contribution in [0.15, 0.2) is 18.2 Å².